The molecule has 0 bridgehead atoms. The third-order valence-electron chi connectivity index (χ3n) is 8.34. The van der Waals surface area contributed by atoms with Gasteiger partial charge in [0.05, 0.1) is 11.4 Å². The second kappa shape index (κ2) is 12.1. The first-order valence-corrected chi connectivity index (χ1v) is 15.4. The van der Waals surface area contributed by atoms with Crippen molar-refractivity contribution in [2.24, 2.45) is 0 Å². The summed E-state index contributed by atoms with van der Waals surface area (Å²) in [5, 5.41) is 7.10. The number of carbonyl (C=O) groups is 6. The number of fused-ring (bicyclic) bond motifs is 2. The van der Waals surface area contributed by atoms with Crippen molar-refractivity contribution in [3.63, 3.8) is 0 Å². The lowest BCUT2D eigenvalue weighted by Gasteiger charge is -2.24. The predicted molar refractivity (Wildman–Crippen MR) is 181 cm³/mol. The van der Waals surface area contributed by atoms with Crippen molar-refractivity contribution in [2.45, 2.75) is 11.8 Å². The fourth-order valence-corrected chi connectivity index (χ4v) is 6.30. The zero-order valence-corrected chi connectivity index (χ0v) is 26.1. The number of nitrogens with one attached hydrogen (secondary N) is 4. The molecule has 10 nitrogen and oxygen atoms in total. The van der Waals surface area contributed by atoms with Crippen molar-refractivity contribution >= 4 is 91.3 Å². The van der Waals surface area contributed by atoms with E-state index in [9.17, 15) is 28.8 Å². The number of aromatic amines is 2. The minimum absolute atomic E-state index is 0.0852. The maximum atomic E-state index is 13.8. The fourth-order valence-electron chi connectivity index (χ4n) is 6.05. The average Bonchev–Trinajstić information content (AvgIpc) is 3.71. The molecule has 4 aromatic carbocycles. The highest BCUT2D eigenvalue weighted by atomic mass is 35.5. The summed E-state index contributed by atoms with van der Waals surface area (Å²) in [5.74, 6) is -8.67. The van der Waals surface area contributed by atoms with Crippen molar-refractivity contribution < 1.29 is 28.8 Å². The van der Waals surface area contributed by atoms with E-state index in [4.69, 9.17) is 23.2 Å². The van der Waals surface area contributed by atoms with E-state index in [-0.39, 0.29) is 22.5 Å². The van der Waals surface area contributed by atoms with E-state index in [0.717, 1.165) is 0 Å². The number of anilines is 2. The van der Waals surface area contributed by atoms with Gasteiger partial charge in [-0.1, -0.05) is 35.3 Å². The van der Waals surface area contributed by atoms with Gasteiger partial charge >= 0.3 is 0 Å². The van der Waals surface area contributed by atoms with Crippen molar-refractivity contribution in [3.05, 3.63) is 130 Å². The zero-order valence-electron chi connectivity index (χ0n) is 24.6. The number of hydrogen-bond donors (Lipinski definition) is 4. The molecule has 0 unspecified atom stereocenters. The molecule has 1 saturated carbocycles. The van der Waals surface area contributed by atoms with Crippen molar-refractivity contribution in [1.82, 2.24) is 9.97 Å². The maximum absolute atomic E-state index is 13.8. The molecule has 0 spiro atoms. The molecule has 1 aliphatic rings. The first kappa shape index (κ1) is 30.8. The molecule has 4 N–H and O–H groups in total. The van der Waals surface area contributed by atoms with E-state index >= 15 is 0 Å². The Hall–Kier alpha value is -5.84. The third kappa shape index (κ3) is 5.26. The molecule has 2 amide bonds. The van der Waals surface area contributed by atoms with Crippen LogP contribution in [0.2, 0.25) is 10.0 Å². The third-order valence-corrected chi connectivity index (χ3v) is 8.84. The smallest absolute Gasteiger partial charge is 0.255 e. The number of ketones is 4. The average molecular weight is 678 g/mol. The summed E-state index contributed by atoms with van der Waals surface area (Å²) >= 11 is 11.9. The summed E-state index contributed by atoms with van der Waals surface area (Å²) in [6, 6.07) is 22.3. The van der Waals surface area contributed by atoms with Gasteiger partial charge in [-0.05, 0) is 83.9 Å². The highest BCUT2D eigenvalue weighted by molar-refractivity contribution is 6.64. The van der Waals surface area contributed by atoms with Crippen LogP contribution in [0.25, 0.3) is 21.8 Å². The number of carbonyl (C=O) groups excluding carboxylic acids is 6. The Morgan fingerprint density at radius 1 is 0.521 bits per heavy atom. The Morgan fingerprint density at radius 2 is 0.875 bits per heavy atom. The number of Topliss-reactive ketones (excluding diaryl/α,β-unsaturated/α-hetero) is 4. The standard InChI is InChI=1S/C36H22Cl2N4O6/c37-19-11-7-17(8-12-19)35(47)41-25-5-1-3-23-27(25)21(15-39-23)29-31(43)33(45)30(34(46)32(29)44)22-16-40-24-4-2-6-26(28(22)24)42-36(48)18-9-13-20(38)14-10-18/h1-16,29-30,39-40H,(H,41,47)(H,42,48). The SMILES string of the molecule is O=C(Nc1cccc2[nH]cc(C3C(=O)C(=O)C(c4c[nH]c5cccc(NC(=O)c6ccc(Cl)cc6)c45)C(=O)C3=O)c12)c1ccc(Cl)cc1. The molecular weight excluding hydrogens is 655 g/mol. The van der Waals surface area contributed by atoms with Crippen LogP contribution in [0.15, 0.2) is 97.3 Å². The lowest BCUT2D eigenvalue weighted by molar-refractivity contribution is -0.150. The van der Waals surface area contributed by atoms with E-state index in [1.54, 1.807) is 84.9 Å². The molecule has 2 aromatic heterocycles. The molecule has 0 atom stereocenters. The Balaban J connectivity index is 1.23. The summed E-state index contributed by atoms with van der Waals surface area (Å²) < 4.78 is 0. The summed E-state index contributed by atoms with van der Waals surface area (Å²) in [6.45, 7) is 0. The van der Waals surface area contributed by atoms with E-state index in [1.165, 1.54) is 12.4 Å². The Morgan fingerprint density at radius 3 is 1.23 bits per heavy atom. The summed E-state index contributed by atoms with van der Waals surface area (Å²) in [7, 11) is 0. The quantitative estimate of drug-likeness (QED) is 0.115. The van der Waals surface area contributed by atoms with Crippen LogP contribution in [0.4, 0.5) is 11.4 Å². The monoisotopic (exact) mass is 676 g/mol. The van der Waals surface area contributed by atoms with Gasteiger partial charge in [0.2, 0.25) is 23.1 Å². The first-order valence-electron chi connectivity index (χ1n) is 14.6. The number of amides is 2. The number of hydrogen-bond acceptors (Lipinski definition) is 6. The van der Waals surface area contributed by atoms with Crippen LogP contribution in [0, 0.1) is 0 Å². The molecule has 1 aliphatic carbocycles. The van der Waals surface area contributed by atoms with Crippen LogP contribution in [0.1, 0.15) is 43.7 Å². The number of aromatic nitrogens is 2. The lowest BCUT2D eigenvalue weighted by Crippen LogP contribution is -2.46. The molecule has 0 radical (unpaired) electrons. The van der Waals surface area contributed by atoms with E-state index in [2.05, 4.69) is 20.6 Å². The highest BCUT2D eigenvalue weighted by Gasteiger charge is 2.51. The second-order valence-corrected chi connectivity index (χ2v) is 12.1. The molecule has 1 fully saturated rings. The largest absolute Gasteiger partial charge is 0.361 e. The van der Waals surface area contributed by atoms with E-state index < -0.39 is 46.8 Å². The number of halogens is 2. The van der Waals surface area contributed by atoms with Crippen molar-refractivity contribution in [1.29, 1.82) is 0 Å². The van der Waals surface area contributed by atoms with Crippen LogP contribution < -0.4 is 10.6 Å². The molecule has 7 rings (SSSR count). The Labute approximate surface area is 281 Å². The van der Waals surface area contributed by atoms with Gasteiger partial charge in [0, 0.05) is 55.4 Å². The van der Waals surface area contributed by atoms with Gasteiger partial charge in [-0.15, -0.1) is 0 Å². The van der Waals surface area contributed by atoms with Gasteiger partial charge in [0.1, 0.15) is 11.8 Å². The second-order valence-electron chi connectivity index (χ2n) is 11.2. The Kier molecular flexibility index (Phi) is 7.74. The van der Waals surface area contributed by atoms with Crippen LogP contribution in [0.3, 0.4) is 0 Å². The molecule has 0 saturated heterocycles. The minimum Gasteiger partial charge on any atom is -0.361 e. The molecule has 236 valence electrons. The number of rotatable bonds is 6. The molecule has 12 heteroatoms. The first-order chi connectivity index (χ1) is 23.1. The normalized spacial score (nSPS) is 16.5. The molecule has 0 aliphatic heterocycles. The summed E-state index contributed by atoms with van der Waals surface area (Å²) in [5.41, 5.74) is 2.28. The fraction of sp³-hybridized carbons (Fsp3) is 0.0556. The van der Waals surface area contributed by atoms with Crippen LogP contribution in [0.5, 0.6) is 0 Å². The van der Waals surface area contributed by atoms with Gasteiger partial charge < -0.3 is 20.6 Å². The van der Waals surface area contributed by atoms with Gasteiger partial charge in [0.25, 0.3) is 11.8 Å². The molecular formula is C36H22Cl2N4O6. The highest BCUT2D eigenvalue weighted by Crippen LogP contribution is 2.40. The minimum atomic E-state index is -1.72. The maximum Gasteiger partial charge on any atom is 0.255 e. The van der Waals surface area contributed by atoms with E-state index in [0.29, 0.717) is 43.0 Å². The zero-order chi connectivity index (χ0) is 33.7. The molecule has 2 heterocycles. The van der Waals surface area contributed by atoms with Gasteiger partial charge in [-0.25, -0.2) is 0 Å². The molecule has 48 heavy (non-hydrogen) atoms. The van der Waals surface area contributed by atoms with Crippen LogP contribution in [-0.4, -0.2) is 44.9 Å². The van der Waals surface area contributed by atoms with E-state index in [1.807, 2.05) is 0 Å². The van der Waals surface area contributed by atoms with Crippen LogP contribution >= 0.6 is 23.2 Å². The van der Waals surface area contributed by atoms with Gasteiger partial charge in [-0.3, -0.25) is 28.8 Å². The van der Waals surface area contributed by atoms with Crippen LogP contribution in [-0.2, 0) is 19.2 Å². The number of benzene rings is 4. The number of H-pyrrole nitrogens is 2. The van der Waals surface area contributed by atoms with Gasteiger partial charge in [0.15, 0.2) is 0 Å². The topological polar surface area (TPSA) is 158 Å². The molecule has 6 aromatic rings. The lowest BCUT2D eigenvalue weighted by atomic mass is 9.72. The van der Waals surface area contributed by atoms with Crippen molar-refractivity contribution in [3.8, 4) is 0 Å². The Bertz CT molecular complexity index is 2150. The predicted octanol–water partition coefficient (Wildman–Crippen LogP) is 6.62. The summed E-state index contributed by atoms with van der Waals surface area (Å²) in [4.78, 5) is 87.2. The van der Waals surface area contributed by atoms with Gasteiger partial charge in [-0.2, -0.15) is 0 Å². The summed E-state index contributed by atoms with van der Waals surface area (Å²) in [6.07, 6.45) is 2.78. The van der Waals surface area contributed by atoms with Crippen molar-refractivity contribution in [2.75, 3.05) is 10.6 Å².